The SMILES string of the molecule is O=C1C(NS(=O)(=O)c2ccc3cc(Br)ccc3c2)CCCN1CC(=O)N1CCCC1CN1CCCC1. The second kappa shape index (κ2) is 10.8. The molecule has 2 aromatic carbocycles. The number of likely N-dealkylation sites (tertiary alicyclic amines) is 3. The summed E-state index contributed by atoms with van der Waals surface area (Å²) in [6.45, 7) is 4.31. The van der Waals surface area contributed by atoms with Crippen LogP contribution in [0.3, 0.4) is 0 Å². The number of carbonyl (C=O) groups is 2. The van der Waals surface area contributed by atoms with Crippen LogP contribution >= 0.6 is 15.9 Å². The van der Waals surface area contributed by atoms with Gasteiger partial charge in [-0.1, -0.05) is 28.1 Å². The molecule has 2 unspecified atom stereocenters. The zero-order chi connectivity index (χ0) is 25.3. The lowest BCUT2D eigenvalue weighted by Crippen LogP contribution is -2.55. The van der Waals surface area contributed by atoms with Crippen molar-refractivity contribution in [3.63, 3.8) is 0 Å². The van der Waals surface area contributed by atoms with E-state index in [1.54, 1.807) is 18.2 Å². The molecular weight excluding hydrogens is 544 g/mol. The summed E-state index contributed by atoms with van der Waals surface area (Å²) in [5.41, 5.74) is 0. The van der Waals surface area contributed by atoms with E-state index in [0.29, 0.717) is 19.4 Å². The lowest BCUT2D eigenvalue weighted by Gasteiger charge is -2.34. The van der Waals surface area contributed by atoms with Gasteiger partial charge in [-0.15, -0.1) is 0 Å². The Balaban J connectivity index is 1.23. The number of halogens is 1. The van der Waals surface area contributed by atoms with E-state index in [0.717, 1.165) is 54.3 Å². The number of rotatable bonds is 7. The summed E-state index contributed by atoms with van der Waals surface area (Å²) < 4.78 is 29.8. The van der Waals surface area contributed by atoms with Gasteiger partial charge in [-0.3, -0.25) is 9.59 Å². The number of piperidine rings is 1. The van der Waals surface area contributed by atoms with E-state index in [-0.39, 0.29) is 29.3 Å². The number of benzene rings is 2. The summed E-state index contributed by atoms with van der Waals surface area (Å²) >= 11 is 3.43. The standard InChI is InChI=1S/C26H33BrN4O4S/c27-21-9-7-20-16-23(10-8-19(20)15-21)36(34,35)28-24-6-4-13-30(26(24)33)18-25(32)31-14-3-5-22(31)17-29-11-1-2-12-29/h7-10,15-16,22,24,28H,1-6,11-14,17-18H2. The first kappa shape index (κ1) is 25.6. The van der Waals surface area contributed by atoms with Gasteiger partial charge in [0, 0.05) is 30.1 Å². The molecule has 2 amide bonds. The Morgan fingerprint density at radius 2 is 1.67 bits per heavy atom. The Bertz CT molecular complexity index is 1250. The van der Waals surface area contributed by atoms with Crippen LogP contribution in [0.2, 0.25) is 0 Å². The molecule has 0 bridgehead atoms. The second-order valence-electron chi connectivity index (χ2n) is 10.1. The van der Waals surface area contributed by atoms with Crippen LogP contribution in [0.4, 0.5) is 0 Å². The van der Waals surface area contributed by atoms with Crippen molar-refractivity contribution in [1.29, 1.82) is 0 Å². The minimum Gasteiger partial charge on any atom is -0.337 e. The van der Waals surface area contributed by atoms with Gasteiger partial charge in [-0.05, 0) is 86.7 Å². The zero-order valence-corrected chi connectivity index (χ0v) is 22.8. The van der Waals surface area contributed by atoms with Gasteiger partial charge in [-0.2, -0.15) is 4.72 Å². The van der Waals surface area contributed by atoms with E-state index in [1.807, 2.05) is 23.1 Å². The first-order valence-corrected chi connectivity index (χ1v) is 15.1. The van der Waals surface area contributed by atoms with Crippen LogP contribution in [-0.4, -0.2) is 86.3 Å². The highest BCUT2D eigenvalue weighted by atomic mass is 79.9. The Hall–Kier alpha value is -2.01. The molecule has 10 heteroatoms. The minimum atomic E-state index is -3.89. The Morgan fingerprint density at radius 1 is 0.944 bits per heavy atom. The van der Waals surface area contributed by atoms with Crippen molar-refractivity contribution >= 4 is 48.5 Å². The quantitative estimate of drug-likeness (QED) is 0.547. The van der Waals surface area contributed by atoms with Crippen LogP contribution in [0.15, 0.2) is 45.8 Å². The van der Waals surface area contributed by atoms with Crippen molar-refractivity contribution in [2.24, 2.45) is 0 Å². The molecule has 194 valence electrons. The average Bonchev–Trinajstić information content (AvgIpc) is 3.54. The molecule has 2 atom stereocenters. The van der Waals surface area contributed by atoms with Crippen molar-refractivity contribution in [3.8, 4) is 0 Å². The maximum absolute atomic E-state index is 13.2. The summed E-state index contributed by atoms with van der Waals surface area (Å²) in [7, 11) is -3.89. The maximum atomic E-state index is 13.2. The molecule has 0 saturated carbocycles. The fraction of sp³-hybridized carbons (Fsp3) is 0.538. The zero-order valence-electron chi connectivity index (χ0n) is 20.4. The van der Waals surface area contributed by atoms with E-state index in [1.165, 1.54) is 17.7 Å². The largest absolute Gasteiger partial charge is 0.337 e. The molecule has 2 aromatic rings. The third-order valence-corrected chi connectivity index (χ3v) is 9.57. The van der Waals surface area contributed by atoms with Crippen LogP contribution < -0.4 is 4.72 Å². The van der Waals surface area contributed by atoms with E-state index in [9.17, 15) is 18.0 Å². The van der Waals surface area contributed by atoms with Gasteiger partial charge >= 0.3 is 0 Å². The summed E-state index contributed by atoms with van der Waals surface area (Å²) in [5, 5.41) is 1.73. The van der Waals surface area contributed by atoms with Crippen molar-refractivity contribution in [1.82, 2.24) is 19.4 Å². The molecule has 1 N–H and O–H groups in total. The van der Waals surface area contributed by atoms with Gasteiger partial charge in [0.15, 0.2) is 0 Å². The van der Waals surface area contributed by atoms with Gasteiger partial charge in [0.2, 0.25) is 21.8 Å². The van der Waals surface area contributed by atoms with E-state index >= 15 is 0 Å². The number of hydrogen-bond donors (Lipinski definition) is 1. The first-order chi connectivity index (χ1) is 17.3. The van der Waals surface area contributed by atoms with E-state index in [2.05, 4.69) is 25.6 Å². The predicted octanol–water partition coefficient (Wildman–Crippen LogP) is 2.96. The normalized spacial score (nSPS) is 23.6. The molecule has 3 aliphatic heterocycles. The number of nitrogens with one attached hydrogen (secondary N) is 1. The summed E-state index contributed by atoms with van der Waals surface area (Å²) in [5.74, 6) is -0.354. The van der Waals surface area contributed by atoms with Crippen LogP contribution in [0, 0.1) is 0 Å². The smallest absolute Gasteiger partial charge is 0.242 e. The second-order valence-corrected chi connectivity index (χ2v) is 12.7. The minimum absolute atomic E-state index is 0.0123. The van der Waals surface area contributed by atoms with Gasteiger partial charge in [0.05, 0.1) is 11.4 Å². The number of nitrogens with zero attached hydrogens (tertiary/aromatic N) is 3. The summed E-state index contributed by atoms with van der Waals surface area (Å²) in [6, 6.07) is 9.92. The molecular formula is C26H33BrN4O4S. The number of fused-ring (bicyclic) bond motifs is 1. The third-order valence-electron chi connectivity index (χ3n) is 7.60. The molecule has 3 fully saturated rings. The van der Waals surface area contributed by atoms with Crippen LogP contribution in [0.1, 0.15) is 38.5 Å². The molecule has 0 spiro atoms. The summed E-state index contributed by atoms with van der Waals surface area (Å²) in [6.07, 6.45) is 5.50. The van der Waals surface area contributed by atoms with Gasteiger partial charge in [0.25, 0.3) is 0 Å². The Kier molecular flexibility index (Phi) is 7.67. The molecule has 5 rings (SSSR count). The highest BCUT2D eigenvalue weighted by molar-refractivity contribution is 9.10. The van der Waals surface area contributed by atoms with Crippen LogP contribution in [0.25, 0.3) is 10.8 Å². The number of amides is 2. The molecule has 3 aliphatic rings. The molecule has 0 radical (unpaired) electrons. The first-order valence-electron chi connectivity index (χ1n) is 12.8. The number of hydrogen-bond acceptors (Lipinski definition) is 5. The monoisotopic (exact) mass is 576 g/mol. The molecule has 0 aliphatic carbocycles. The van der Waals surface area contributed by atoms with Crippen LogP contribution in [-0.2, 0) is 19.6 Å². The van der Waals surface area contributed by atoms with Crippen molar-refractivity contribution < 1.29 is 18.0 Å². The van der Waals surface area contributed by atoms with Gasteiger partial charge in [0.1, 0.15) is 6.04 Å². The number of sulfonamides is 1. The van der Waals surface area contributed by atoms with Gasteiger partial charge < -0.3 is 14.7 Å². The molecule has 3 heterocycles. The van der Waals surface area contributed by atoms with Crippen molar-refractivity contribution in [2.45, 2.75) is 55.5 Å². The Morgan fingerprint density at radius 3 is 2.47 bits per heavy atom. The fourth-order valence-electron chi connectivity index (χ4n) is 5.69. The maximum Gasteiger partial charge on any atom is 0.242 e. The average molecular weight is 578 g/mol. The highest BCUT2D eigenvalue weighted by Crippen LogP contribution is 2.25. The summed E-state index contributed by atoms with van der Waals surface area (Å²) in [4.78, 5) is 32.4. The Labute approximate surface area is 221 Å². The third kappa shape index (κ3) is 5.61. The molecule has 3 saturated heterocycles. The van der Waals surface area contributed by atoms with Gasteiger partial charge in [-0.25, -0.2) is 8.42 Å². The van der Waals surface area contributed by atoms with E-state index in [4.69, 9.17) is 0 Å². The van der Waals surface area contributed by atoms with E-state index < -0.39 is 16.1 Å². The topological polar surface area (TPSA) is 90.0 Å². The predicted molar refractivity (Wildman–Crippen MR) is 142 cm³/mol. The lowest BCUT2D eigenvalue weighted by molar-refractivity contribution is -0.143. The molecule has 8 nitrogen and oxygen atoms in total. The number of carbonyl (C=O) groups excluding carboxylic acids is 2. The van der Waals surface area contributed by atoms with Crippen molar-refractivity contribution in [3.05, 3.63) is 40.9 Å². The van der Waals surface area contributed by atoms with Crippen LogP contribution in [0.5, 0.6) is 0 Å². The lowest BCUT2D eigenvalue weighted by atomic mass is 10.1. The molecule has 36 heavy (non-hydrogen) atoms. The highest BCUT2D eigenvalue weighted by Gasteiger charge is 2.36. The van der Waals surface area contributed by atoms with Crippen molar-refractivity contribution in [2.75, 3.05) is 39.3 Å². The fourth-order valence-corrected chi connectivity index (χ4v) is 7.33. The molecule has 0 aromatic heterocycles.